The average Bonchev–Trinajstić information content (AvgIpc) is 3.13. The molecular weight excluding hydrogens is 456 g/mol. The van der Waals surface area contributed by atoms with E-state index < -0.39 is 38.5 Å². The van der Waals surface area contributed by atoms with E-state index in [-0.39, 0.29) is 11.6 Å². The summed E-state index contributed by atoms with van der Waals surface area (Å²) >= 11 is 0. The smallest absolute Gasteiger partial charge is 0.192 e. The molecule has 2 aromatic rings. The molecule has 1 N–H and O–H groups in total. The Morgan fingerprint density at radius 3 is 2.03 bits per heavy atom. The first-order chi connectivity index (χ1) is 16.3. The molecule has 1 saturated heterocycles. The van der Waals surface area contributed by atoms with E-state index in [0.29, 0.717) is 5.71 Å². The minimum Gasteiger partial charge on any atom is -0.414 e. The minimum absolute atomic E-state index is 0.0375. The van der Waals surface area contributed by atoms with Crippen LogP contribution in [0.4, 0.5) is 0 Å². The third kappa shape index (κ3) is 6.66. The maximum absolute atomic E-state index is 11.4. The predicted molar refractivity (Wildman–Crippen MR) is 141 cm³/mol. The average molecular weight is 495 g/mol. The highest BCUT2D eigenvalue weighted by atomic mass is 28.4. The molecule has 188 valence electrons. The standard InChI is InChI=1S/C28H38N2O4Si/c1-27(2,3)35(6,7)32-19-23-26(34-28(4,5)33-23)25(31)22(18-29)30-24(20-14-10-8-11-15-20)21-16-12-9-13-17-21/h8-17,22-23,25-26,31H,19H2,1-7H3/t22?,23-,25?,26-/m0/s1. The Kier molecular flexibility index (Phi) is 8.35. The Balaban J connectivity index is 1.90. The van der Waals surface area contributed by atoms with E-state index in [2.05, 4.69) is 39.9 Å². The van der Waals surface area contributed by atoms with Crippen LogP contribution >= 0.6 is 0 Å². The van der Waals surface area contributed by atoms with Crippen LogP contribution < -0.4 is 0 Å². The van der Waals surface area contributed by atoms with Crippen molar-refractivity contribution in [1.29, 1.82) is 5.26 Å². The van der Waals surface area contributed by atoms with Crippen molar-refractivity contribution >= 4 is 14.0 Å². The van der Waals surface area contributed by atoms with Crippen molar-refractivity contribution < 1.29 is 19.0 Å². The zero-order valence-corrected chi connectivity index (χ0v) is 22.9. The number of hydrogen-bond donors (Lipinski definition) is 1. The lowest BCUT2D eigenvalue weighted by atomic mass is 9.99. The molecule has 0 spiro atoms. The van der Waals surface area contributed by atoms with Crippen molar-refractivity contribution in [2.75, 3.05) is 6.61 Å². The number of nitriles is 1. The summed E-state index contributed by atoms with van der Waals surface area (Å²) in [4.78, 5) is 4.75. The van der Waals surface area contributed by atoms with E-state index in [9.17, 15) is 10.4 Å². The van der Waals surface area contributed by atoms with E-state index in [1.54, 1.807) is 0 Å². The van der Waals surface area contributed by atoms with Crippen molar-refractivity contribution in [1.82, 2.24) is 0 Å². The quantitative estimate of drug-likeness (QED) is 0.397. The largest absolute Gasteiger partial charge is 0.414 e. The van der Waals surface area contributed by atoms with Crippen LogP contribution in [-0.4, -0.2) is 55.9 Å². The van der Waals surface area contributed by atoms with Crippen LogP contribution in [0.1, 0.15) is 45.7 Å². The van der Waals surface area contributed by atoms with Gasteiger partial charge in [0.15, 0.2) is 20.1 Å². The molecule has 6 nitrogen and oxygen atoms in total. The van der Waals surface area contributed by atoms with Gasteiger partial charge in [0.1, 0.15) is 18.3 Å². The van der Waals surface area contributed by atoms with Crippen molar-refractivity contribution in [3.05, 3.63) is 71.8 Å². The second-order valence-corrected chi connectivity index (χ2v) is 15.8. The van der Waals surface area contributed by atoms with Crippen LogP contribution in [0.2, 0.25) is 18.1 Å². The van der Waals surface area contributed by atoms with Gasteiger partial charge in [0.05, 0.1) is 18.4 Å². The van der Waals surface area contributed by atoms with Crippen LogP contribution in [0.15, 0.2) is 65.7 Å². The van der Waals surface area contributed by atoms with Gasteiger partial charge >= 0.3 is 0 Å². The number of aliphatic imine (C=N–C) groups is 1. The number of hydrogen-bond acceptors (Lipinski definition) is 6. The number of aliphatic hydroxyl groups is 1. The lowest BCUT2D eigenvalue weighted by molar-refractivity contribution is -0.156. The van der Waals surface area contributed by atoms with Gasteiger partial charge in [-0.15, -0.1) is 0 Å². The van der Waals surface area contributed by atoms with Crippen LogP contribution in [0.3, 0.4) is 0 Å². The summed E-state index contributed by atoms with van der Waals surface area (Å²) in [5.41, 5.74) is 2.38. The fraction of sp³-hybridized carbons (Fsp3) is 0.500. The molecule has 4 atom stereocenters. The maximum atomic E-state index is 11.4. The summed E-state index contributed by atoms with van der Waals surface area (Å²) in [6.07, 6.45) is -2.47. The molecule has 7 heteroatoms. The molecule has 0 radical (unpaired) electrons. The van der Waals surface area contributed by atoms with Gasteiger partial charge in [0, 0.05) is 11.1 Å². The van der Waals surface area contributed by atoms with Crippen LogP contribution in [0, 0.1) is 11.3 Å². The molecule has 2 unspecified atom stereocenters. The van der Waals surface area contributed by atoms with E-state index in [4.69, 9.17) is 18.9 Å². The first kappa shape index (κ1) is 27.2. The highest BCUT2D eigenvalue weighted by Crippen LogP contribution is 2.38. The minimum atomic E-state index is -2.04. The first-order valence-corrected chi connectivity index (χ1v) is 15.0. The van der Waals surface area contributed by atoms with Crippen LogP contribution in [-0.2, 0) is 13.9 Å². The van der Waals surface area contributed by atoms with E-state index in [1.807, 2.05) is 74.5 Å². The Labute approximate surface area is 210 Å². The SMILES string of the molecule is CC1(C)O[C@@H](CO[Si](C)(C)C(C)(C)C)[C@@H](C(O)C(C#N)N=C(c2ccccc2)c2ccccc2)O1. The molecule has 3 rings (SSSR count). The molecular formula is C28H38N2O4Si. The number of aliphatic hydroxyl groups excluding tert-OH is 1. The summed E-state index contributed by atoms with van der Waals surface area (Å²) < 4.78 is 18.6. The molecule has 2 aromatic carbocycles. The van der Waals surface area contributed by atoms with Gasteiger partial charge < -0.3 is 19.0 Å². The fourth-order valence-corrected chi connectivity index (χ4v) is 4.81. The third-order valence-electron chi connectivity index (χ3n) is 6.79. The Bertz CT molecular complexity index is 1000. The number of ether oxygens (including phenoxy) is 2. The second-order valence-electron chi connectivity index (χ2n) is 11.0. The van der Waals surface area contributed by atoms with Crippen molar-refractivity contribution in [3.63, 3.8) is 0 Å². The highest BCUT2D eigenvalue weighted by molar-refractivity contribution is 6.74. The molecule has 0 saturated carbocycles. The molecule has 1 aliphatic heterocycles. The van der Waals surface area contributed by atoms with E-state index in [0.717, 1.165) is 11.1 Å². The van der Waals surface area contributed by atoms with Gasteiger partial charge in [-0.25, -0.2) is 0 Å². The Hall–Kier alpha value is -2.34. The van der Waals surface area contributed by atoms with Crippen molar-refractivity contribution in [2.45, 2.75) is 82.9 Å². The lowest BCUT2D eigenvalue weighted by Crippen LogP contribution is -2.47. The summed E-state index contributed by atoms with van der Waals surface area (Å²) in [5.74, 6) is -0.904. The number of rotatable bonds is 8. The summed E-state index contributed by atoms with van der Waals surface area (Å²) in [6.45, 7) is 14.8. The van der Waals surface area contributed by atoms with Crippen molar-refractivity contribution in [3.8, 4) is 6.07 Å². The second kappa shape index (κ2) is 10.7. The Morgan fingerprint density at radius 1 is 1.06 bits per heavy atom. The molecule has 1 fully saturated rings. The van der Waals surface area contributed by atoms with E-state index >= 15 is 0 Å². The van der Waals surface area contributed by atoms with Gasteiger partial charge in [0.2, 0.25) is 0 Å². The fourth-order valence-electron chi connectivity index (χ4n) is 3.80. The molecule has 35 heavy (non-hydrogen) atoms. The van der Waals surface area contributed by atoms with Gasteiger partial charge in [-0.2, -0.15) is 5.26 Å². The van der Waals surface area contributed by atoms with Gasteiger partial charge in [-0.1, -0.05) is 81.4 Å². The predicted octanol–water partition coefficient (Wildman–Crippen LogP) is 5.32. The zero-order chi connectivity index (χ0) is 25.9. The van der Waals surface area contributed by atoms with Crippen LogP contribution in [0.5, 0.6) is 0 Å². The normalized spacial score (nSPS) is 21.7. The zero-order valence-electron chi connectivity index (χ0n) is 21.9. The van der Waals surface area contributed by atoms with E-state index in [1.165, 1.54) is 0 Å². The summed E-state index contributed by atoms with van der Waals surface area (Å²) in [7, 11) is -2.04. The van der Waals surface area contributed by atoms with Crippen molar-refractivity contribution in [2.24, 2.45) is 4.99 Å². The van der Waals surface area contributed by atoms with Crippen LogP contribution in [0.25, 0.3) is 0 Å². The first-order valence-electron chi connectivity index (χ1n) is 12.1. The molecule has 0 aromatic heterocycles. The topological polar surface area (TPSA) is 84.1 Å². The lowest BCUT2D eigenvalue weighted by Gasteiger charge is -2.37. The molecule has 1 aliphatic rings. The monoisotopic (exact) mass is 494 g/mol. The van der Waals surface area contributed by atoms with Gasteiger partial charge in [0.25, 0.3) is 0 Å². The van der Waals surface area contributed by atoms with Gasteiger partial charge in [-0.05, 0) is 32.0 Å². The highest BCUT2D eigenvalue weighted by Gasteiger charge is 2.48. The summed E-state index contributed by atoms with van der Waals surface area (Å²) in [6, 6.07) is 20.5. The molecule has 1 heterocycles. The third-order valence-corrected chi connectivity index (χ3v) is 11.3. The molecule has 0 bridgehead atoms. The molecule has 0 amide bonds. The Morgan fingerprint density at radius 2 is 1.57 bits per heavy atom. The summed E-state index contributed by atoms with van der Waals surface area (Å²) in [5, 5.41) is 21.4. The van der Waals surface area contributed by atoms with Gasteiger partial charge in [-0.3, -0.25) is 4.99 Å². The molecule has 0 aliphatic carbocycles. The maximum Gasteiger partial charge on any atom is 0.192 e. The number of nitrogens with zero attached hydrogens (tertiary/aromatic N) is 2. The number of benzene rings is 2.